The van der Waals surface area contributed by atoms with Gasteiger partial charge in [0.2, 0.25) is 0 Å². The lowest BCUT2D eigenvalue weighted by atomic mass is 10.3. The fourth-order valence-corrected chi connectivity index (χ4v) is 1.22. The van der Waals surface area contributed by atoms with Gasteiger partial charge >= 0.3 is 0 Å². The van der Waals surface area contributed by atoms with Crippen molar-refractivity contribution in [2.45, 2.75) is 13.3 Å². The number of pyridine rings is 1. The zero-order valence-corrected chi connectivity index (χ0v) is 8.53. The van der Waals surface area contributed by atoms with Crippen molar-refractivity contribution >= 4 is 11.7 Å². The Morgan fingerprint density at radius 1 is 1.57 bits per heavy atom. The maximum Gasteiger partial charge on any atom is 0.267 e. The molecule has 0 aliphatic carbocycles. The number of carbonyl (C=O) groups excluding carboxylic acids is 1. The summed E-state index contributed by atoms with van der Waals surface area (Å²) in [7, 11) is 1.94. The summed E-state index contributed by atoms with van der Waals surface area (Å²) < 4.78 is 0. The highest BCUT2D eigenvalue weighted by molar-refractivity contribution is 5.91. The number of rotatable bonds is 4. The first-order chi connectivity index (χ1) is 6.65. The highest BCUT2D eigenvalue weighted by Crippen LogP contribution is 2.09. The highest BCUT2D eigenvalue weighted by atomic mass is 16.1. The van der Waals surface area contributed by atoms with Crippen LogP contribution in [0, 0.1) is 0 Å². The van der Waals surface area contributed by atoms with E-state index in [9.17, 15) is 4.79 Å². The summed E-state index contributed by atoms with van der Waals surface area (Å²) in [6.07, 6.45) is 1.04. The summed E-state index contributed by atoms with van der Waals surface area (Å²) >= 11 is 0. The monoisotopic (exact) mass is 193 g/mol. The van der Waals surface area contributed by atoms with Gasteiger partial charge in [0.15, 0.2) is 0 Å². The number of aromatic nitrogens is 1. The number of primary amides is 1. The van der Waals surface area contributed by atoms with Gasteiger partial charge in [-0.1, -0.05) is 13.0 Å². The maximum absolute atomic E-state index is 10.9. The lowest BCUT2D eigenvalue weighted by Gasteiger charge is -2.17. The Morgan fingerprint density at radius 3 is 2.86 bits per heavy atom. The number of hydrogen-bond donors (Lipinski definition) is 1. The zero-order valence-electron chi connectivity index (χ0n) is 8.53. The predicted molar refractivity (Wildman–Crippen MR) is 56.3 cm³/mol. The Morgan fingerprint density at radius 2 is 2.29 bits per heavy atom. The van der Waals surface area contributed by atoms with Crippen LogP contribution in [0.5, 0.6) is 0 Å². The number of hydrogen-bond acceptors (Lipinski definition) is 3. The number of anilines is 1. The van der Waals surface area contributed by atoms with Crippen molar-refractivity contribution in [1.82, 2.24) is 4.98 Å². The summed E-state index contributed by atoms with van der Waals surface area (Å²) in [5.41, 5.74) is 5.45. The second-order valence-electron chi connectivity index (χ2n) is 3.17. The summed E-state index contributed by atoms with van der Waals surface area (Å²) in [6.45, 7) is 3.00. The first-order valence-corrected chi connectivity index (χ1v) is 4.63. The molecule has 1 rings (SSSR count). The van der Waals surface area contributed by atoms with Crippen LogP contribution in [-0.2, 0) is 0 Å². The fraction of sp³-hybridized carbons (Fsp3) is 0.400. The Kier molecular flexibility index (Phi) is 3.45. The van der Waals surface area contributed by atoms with Crippen molar-refractivity contribution < 1.29 is 4.79 Å². The van der Waals surface area contributed by atoms with Crippen LogP contribution in [0.2, 0.25) is 0 Å². The van der Waals surface area contributed by atoms with Crippen LogP contribution in [0.1, 0.15) is 23.8 Å². The van der Waals surface area contributed by atoms with E-state index in [4.69, 9.17) is 5.73 Å². The Balaban J connectivity index is 2.87. The predicted octanol–water partition coefficient (Wildman–Crippen LogP) is 1.03. The molecule has 4 nitrogen and oxygen atoms in total. The van der Waals surface area contributed by atoms with E-state index in [-0.39, 0.29) is 0 Å². The molecule has 0 bridgehead atoms. The third-order valence-electron chi connectivity index (χ3n) is 1.94. The summed E-state index contributed by atoms with van der Waals surface area (Å²) in [5, 5.41) is 0. The summed E-state index contributed by atoms with van der Waals surface area (Å²) in [4.78, 5) is 17.0. The quantitative estimate of drug-likeness (QED) is 0.776. The molecule has 1 heterocycles. The van der Waals surface area contributed by atoms with Crippen LogP contribution < -0.4 is 10.6 Å². The van der Waals surface area contributed by atoms with Gasteiger partial charge in [-0.05, 0) is 18.6 Å². The standard InChI is InChI=1S/C10H15N3O/c1-3-7-13(2)9-6-4-5-8(12-9)10(11)14/h4-6H,3,7H2,1-2H3,(H2,11,14). The maximum atomic E-state index is 10.9. The molecule has 0 aliphatic heterocycles. The number of nitrogens with two attached hydrogens (primary N) is 1. The SMILES string of the molecule is CCCN(C)c1cccc(C(N)=O)n1. The van der Waals surface area contributed by atoms with E-state index in [1.165, 1.54) is 0 Å². The van der Waals surface area contributed by atoms with E-state index in [1.807, 2.05) is 18.0 Å². The van der Waals surface area contributed by atoms with Gasteiger partial charge < -0.3 is 10.6 Å². The van der Waals surface area contributed by atoms with Gasteiger partial charge in [0, 0.05) is 13.6 Å². The molecule has 0 spiro atoms. The van der Waals surface area contributed by atoms with Crippen LogP contribution in [0.15, 0.2) is 18.2 Å². The minimum Gasteiger partial charge on any atom is -0.364 e. The average molecular weight is 193 g/mol. The number of carbonyl (C=O) groups is 1. The first-order valence-electron chi connectivity index (χ1n) is 4.63. The lowest BCUT2D eigenvalue weighted by molar-refractivity contribution is 0.0995. The minimum atomic E-state index is -0.489. The second-order valence-corrected chi connectivity index (χ2v) is 3.17. The van der Waals surface area contributed by atoms with Crippen molar-refractivity contribution in [1.29, 1.82) is 0 Å². The van der Waals surface area contributed by atoms with Crippen LogP contribution >= 0.6 is 0 Å². The average Bonchev–Trinajstić information content (AvgIpc) is 2.18. The van der Waals surface area contributed by atoms with Crippen LogP contribution in [0.4, 0.5) is 5.82 Å². The van der Waals surface area contributed by atoms with E-state index in [2.05, 4.69) is 11.9 Å². The number of nitrogens with zero attached hydrogens (tertiary/aromatic N) is 2. The normalized spacial score (nSPS) is 9.86. The van der Waals surface area contributed by atoms with E-state index >= 15 is 0 Å². The van der Waals surface area contributed by atoms with Crippen LogP contribution in [0.25, 0.3) is 0 Å². The molecule has 0 saturated carbocycles. The molecular formula is C10H15N3O. The van der Waals surface area contributed by atoms with E-state index in [0.29, 0.717) is 5.69 Å². The van der Waals surface area contributed by atoms with Gasteiger partial charge in [-0.25, -0.2) is 4.98 Å². The molecule has 2 N–H and O–H groups in total. The number of amides is 1. The largest absolute Gasteiger partial charge is 0.364 e. The lowest BCUT2D eigenvalue weighted by Crippen LogP contribution is -2.21. The van der Waals surface area contributed by atoms with Crippen LogP contribution in [-0.4, -0.2) is 24.5 Å². The van der Waals surface area contributed by atoms with Gasteiger partial charge in [-0.3, -0.25) is 4.79 Å². The summed E-state index contributed by atoms with van der Waals surface area (Å²) in [5.74, 6) is 0.292. The molecule has 0 aliphatic rings. The molecule has 1 aromatic heterocycles. The minimum absolute atomic E-state index is 0.311. The van der Waals surface area contributed by atoms with E-state index < -0.39 is 5.91 Å². The van der Waals surface area contributed by atoms with Gasteiger partial charge in [-0.2, -0.15) is 0 Å². The van der Waals surface area contributed by atoms with Crippen molar-refractivity contribution in [3.8, 4) is 0 Å². The highest BCUT2D eigenvalue weighted by Gasteiger charge is 2.05. The Hall–Kier alpha value is -1.58. The third-order valence-corrected chi connectivity index (χ3v) is 1.94. The van der Waals surface area contributed by atoms with E-state index in [0.717, 1.165) is 18.8 Å². The molecule has 0 fully saturated rings. The topological polar surface area (TPSA) is 59.2 Å². The Bertz CT molecular complexity index is 325. The molecule has 0 saturated heterocycles. The molecule has 0 unspecified atom stereocenters. The molecule has 0 aromatic carbocycles. The molecule has 4 heteroatoms. The fourth-order valence-electron chi connectivity index (χ4n) is 1.22. The molecule has 14 heavy (non-hydrogen) atoms. The Labute approximate surface area is 83.7 Å². The van der Waals surface area contributed by atoms with Crippen molar-refractivity contribution in [2.24, 2.45) is 5.73 Å². The van der Waals surface area contributed by atoms with Gasteiger partial charge in [0.1, 0.15) is 11.5 Å². The molecule has 76 valence electrons. The van der Waals surface area contributed by atoms with Crippen LogP contribution in [0.3, 0.4) is 0 Å². The zero-order chi connectivity index (χ0) is 10.6. The van der Waals surface area contributed by atoms with E-state index in [1.54, 1.807) is 12.1 Å². The molecule has 0 atom stereocenters. The van der Waals surface area contributed by atoms with Crippen molar-refractivity contribution in [3.05, 3.63) is 23.9 Å². The third kappa shape index (κ3) is 2.45. The molecule has 0 radical (unpaired) electrons. The van der Waals surface area contributed by atoms with Gasteiger partial charge in [0.25, 0.3) is 5.91 Å². The van der Waals surface area contributed by atoms with Gasteiger partial charge in [0.05, 0.1) is 0 Å². The molecular weight excluding hydrogens is 178 g/mol. The molecule has 1 aromatic rings. The summed E-state index contributed by atoms with van der Waals surface area (Å²) in [6, 6.07) is 5.27. The smallest absolute Gasteiger partial charge is 0.267 e. The van der Waals surface area contributed by atoms with Gasteiger partial charge in [-0.15, -0.1) is 0 Å². The first kappa shape index (κ1) is 10.5. The van der Waals surface area contributed by atoms with Crippen molar-refractivity contribution in [3.63, 3.8) is 0 Å². The second kappa shape index (κ2) is 4.60. The molecule has 1 amide bonds. The van der Waals surface area contributed by atoms with Crippen molar-refractivity contribution in [2.75, 3.05) is 18.5 Å².